The molecule has 3 aromatic carbocycles. The second-order valence-electron chi connectivity index (χ2n) is 9.95. The third-order valence-electron chi connectivity index (χ3n) is 7.48. The summed E-state index contributed by atoms with van der Waals surface area (Å²) in [5.41, 5.74) is 2.54. The van der Waals surface area contributed by atoms with Crippen LogP contribution in [0.4, 0.5) is 4.79 Å². The van der Waals surface area contributed by atoms with E-state index in [2.05, 4.69) is 4.90 Å². The number of β-amino-alcohol motifs (C(OH)–C–C–N with tert-alkyl or cyclic N) is 1. The van der Waals surface area contributed by atoms with Gasteiger partial charge in [-0.1, -0.05) is 47.5 Å². The van der Waals surface area contributed by atoms with Crippen LogP contribution in [0.15, 0.2) is 71.7 Å². The zero-order chi connectivity index (χ0) is 28.9. The second kappa shape index (κ2) is 14.4. The number of piperazine rings is 1. The molecule has 0 radical (unpaired) electrons. The summed E-state index contributed by atoms with van der Waals surface area (Å²) in [4.78, 5) is 25.6. The molecular weight excluding hydrogens is 599 g/mol. The summed E-state index contributed by atoms with van der Waals surface area (Å²) in [6.07, 6.45) is 0. The molecule has 2 unspecified atom stereocenters. The van der Waals surface area contributed by atoms with Gasteiger partial charge in [-0.2, -0.15) is 0 Å². The molecule has 2 aliphatic heterocycles. The summed E-state index contributed by atoms with van der Waals surface area (Å²) in [6, 6.07) is 19.8. The number of halogens is 3. The predicted molar refractivity (Wildman–Crippen MR) is 169 cm³/mol. The summed E-state index contributed by atoms with van der Waals surface area (Å²) >= 11 is 12.5. The molecule has 0 spiro atoms. The molecular formula is C31H35Cl3N4O4. The number of aliphatic hydroxyl groups excluding tert-OH is 1. The van der Waals surface area contributed by atoms with E-state index < -0.39 is 12.1 Å². The Balaban J connectivity index is 0.00000405. The van der Waals surface area contributed by atoms with Crippen molar-refractivity contribution in [1.29, 1.82) is 0 Å². The molecule has 224 valence electrons. The van der Waals surface area contributed by atoms with Gasteiger partial charge in [0.05, 0.1) is 31.9 Å². The molecule has 11 heteroatoms. The Morgan fingerprint density at radius 3 is 2.14 bits per heavy atom. The lowest BCUT2D eigenvalue weighted by Crippen LogP contribution is -2.54. The first-order valence-corrected chi connectivity index (χ1v) is 14.5. The van der Waals surface area contributed by atoms with Crippen molar-refractivity contribution in [2.75, 3.05) is 53.0 Å². The van der Waals surface area contributed by atoms with Gasteiger partial charge in [-0.3, -0.25) is 14.8 Å². The lowest BCUT2D eigenvalue weighted by atomic mass is 9.93. The average Bonchev–Trinajstić information content (AvgIpc) is 3.38. The highest BCUT2D eigenvalue weighted by molar-refractivity contribution is 6.30. The van der Waals surface area contributed by atoms with Crippen molar-refractivity contribution in [3.8, 4) is 11.5 Å². The Morgan fingerprint density at radius 2 is 1.57 bits per heavy atom. The maximum absolute atomic E-state index is 14.5. The molecule has 2 heterocycles. The molecule has 8 nitrogen and oxygen atoms in total. The summed E-state index contributed by atoms with van der Waals surface area (Å²) in [5, 5.41) is 10.6. The van der Waals surface area contributed by atoms with Crippen LogP contribution in [0.5, 0.6) is 11.5 Å². The van der Waals surface area contributed by atoms with Crippen molar-refractivity contribution < 1.29 is 19.4 Å². The summed E-state index contributed by atoms with van der Waals surface area (Å²) in [6.45, 7) is 5.50. The minimum atomic E-state index is -0.442. The Morgan fingerprint density at radius 1 is 0.952 bits per heavy atom. The Bertz CT molecular complexity index is 1380. The van der Waals surface area contributed by atoms with E-state index in [1.54, 1.807) is 12.0 Å². The van der Waals surface area contributed by atoms with Crippen molar-refractivity contribution in [3.63, 3.8) is 0 Å². The number of rotatable bonds is 8. The molecule has 1 saturated heterocycles. The minimum absolute atomic E-state index is 0. The highest BCUT2D eigenvalue weighted by atomic mass is 35.5. The zero-order valence-electron chi connectivity index (χ0n) is 23.6. The van der Waals surface area contributed by atoms with Gasteiger partial charge >= 0.3 is 6.03 Å². The van der Waals surface area contributed by atoms with E-state index in [-0.39, 0.29) is 25.0 Å². The van der Waals surface area contributed by atoms with Gasteiger partial charge < -0.3 is 19.5 Å². The first-order valence-electron chi connectivity index (χ1n) is 13.7. The number of amidine groups is 1. The maximum Gasteiger partial charge on any atom is 0.326 e. The first kappa shape index (κ1) is 31.9. The Kier molecular flexibility index (Phi) is 11.0. The fourth-order valence-corrected chi connectivity index (χ4v) is 5.65. The van der Waals surface area contributed by atoms with Crippen LogP contribution in [0.25, 0.3) is 0 Å². The van der Waals surface area contributed by atoms with E-state index in [0.717, 1.165) is 11.1 Å². The number of carbonyl (C=O) groups excluding carboxylic acids is 1. The third kappa shape index (κ3) is 6.79. The van der Waals surface area contributed by atoms with Crippen LogP contribution < -0.4 is 9.47 Å². The standard InChI is InChI=1S/C31H34Cl2N4O4.ClH/c1-3-41-27-20-25(40-2)12-13-26(27)30-34-28(21-4-8-23(32)9-5-21)29(22-6-10-24(33)11-7-22)37(30)31(39)36-16-14-35(15-17-36)18-19-38;/h4-13,20,28-29,38H,3,14-19H2,1-2H3;1H. The van der Waals surface area contributed by atoms with Crippen molar-refractivity contribution in [3.05, 3.63) is 93.5 Å². The molecule has 2 atom stereocenters. The number of carbonyl (C=O) groups is 1. The quantitative estimate of drug-likeness (QED) is 0.325. The van der Waals surface area contributed by atoms with Crippen molar-refractivity contribution in [2.24, 2.45) is 4.99 Å². The minimum Gasteiger partial charge on any atom is -0.497 e. The summed E-state index contributed by atoms with van der Waals surface area (Å²) in [5.74, 6) is 1.76. The van der Waals surface area contributed by atoms with Gasteiger partial charge in [-0.25, -0.2) is 4.79 Å². The molecule has 0 bridgehead atoms. The molecule has 5 rings (SSSR count). The van der Waals surface area contributed by atoms with E-state index in [9.17, 15) is 9.90 Å². The third-order valence-corrected chi connectivity index (χ3v) is 7.99. The second-order valence-corrected chi connectivity index (χ2v) is 10.8. The molecule has 42 heavy (non-hydrogen) atoms. The topological polar surface area (TPSA) is 77.8 Å². The molecule has 0 aliphatic carbocycles. The smallest absolute Gasteiger partial charge is 0.326 e. The highest BCUT2D eigenvalue weighted by Crippen LogP contribution is 2.45. The number of ether oxygens (including phenoxy) is 2. The molecule has 1 N–H and O–H groups in total. The van der Waals surface area contributed by atoms with Crippen molar-refractivity contribution >= 4 is 47.5 Å². The van der Waals surface area contributed by atoms with E-state index in [4.69, 9.17) is 37.7 Å². The molecule has 2 aliphatic rings. The van der Waals surface area contributed by atoms with E-state index in [0.29, 0.717) is 72.3 Å². The summed E-state index contributed by atoms with van der Waals surface area (Å²) < 4.78 is 11.5. The molecule has 3 aromatic rings. The monoisotopic (exact) mass is 632 g/mol. The van der Waals surface area contributed by atoms with Crippen molar-refractivity contribution in [2.45, 2.75) is 19.0 Å². The van der Waals surface area contributed by atoms with Crippen LogP contribution in [-0.2, 0) is 0 Å². The van der Waals surface area contributed by atoms with Gasteiger partial charge in [0.1, 0.15) is 23.4 Å². The maximum atomic E-state index is 14.5. The Labute approximate surface area is 262 Å². The van der Waals surface area contributed by atoms with Crippen LogP contribution in [-0.4, -0.2) is 84.7 Å². The van der Waals surface area contributed by atoms with Gasteiger partial charge in [0.15, 0.2) is 0 Å². The number of hydrogen-bond donors (Lipinski definition) is 1. The number of amides is 2. The number of benzene rings is 3. The number of aliphatic hydroxyl groups is 1. The normalized spacial score (nSPS) is 18.8. The van der Waals surface area contributed by atoms with Crippen LogP contribution in [0.2, 0.25) is 10.0 Å². The van der Waals surface area contributed by atoms with Gasteiger partial charge in [-0.05, 0) is 54.4 Å². The number of nitrogens with zero attached hydrogens (tertiary/aromatic N) is 4. The highest BCUT2D eigenvalue weighted by Gasteiger charge is 2.45. The first-order chi connectivity index (χ1) is 19.9. The number of aliphatic imine (C=N–C) groups is 1. The average molecular weight is 634 g/mol. The zero-order valence-corrected chi connectivity index (χ0v) is 25.9. The SMILES string of the molecule is CCOc1cc(OC)ccc1C1=NC(c2ccc(Cl)cc2)C(c2ccc(Cl)cc2)N1C(=O)N1CCN(CCO)CC1.Cl. The van der Waals surface area contributed by atoms with Gasteiger partial charge in [-0.15, -0.1) is 12.4 Å². The lowest BCUT2D eigenvalue weighted by Gasteiger charge is -2.39. The molecule has 1 fully saturated rings. The molecule has 0 aromatic heterocycles. The molecule has 0 saturated carbocycles. The number of urea groups is 1. The van der Waals surface area contributed by atoms with Crippen molar-refractivity contribution in [1.82, 2.24) is 14.7 Å². The van der Waals surface area contributed by atoms with E-state index in [1.807, 2.05) is 78.6 Å². The van der Waals surface area contributed by atoms with Crippen LogP contribution in [0, 0.1) is 0 Å². The predicted octanol–water partition coefficient (Wildman–Crippen LogP) is 6.10. The molecule has 2 amide bonds. The van der Waals surface area contributed by atoms with E-state index >= 15 is 0 Å². The van der Waals surface area contributed by atoms with Crippen LogP contribution in [0.3, 0.4) is 0 Å². The fourth-order valence-electron chi connectivity index (χ4n) is 5.40. The van der Waals surface area contributed by atoms with E-state index in [1.165, 1.54) is 0 Å². The van der Waals surface area contributed by atoms with Gasteiger partial charge in [0.2, 0.25) is 0 Å². The fraction of sp³-hybridized carbons (Fsp3) is 0.355. The van der Waals surface area contributed by atoms with Crippen LogP contribution >= 0.6 is 35.6 Å². The van der Waals surface area contributed by atoms with Crippen LogP contribution in [0.1, 0.15) is 35.7 Å². The largest absolute Gasteiger partial charge is 0.497 e. The lowest BCUT2D eigenvalue weighted by molar-refractivity contribution is 0.108. The number of hydrogen-bond acceptors (Lipinski definition) is 6. The Hall–Kier alpha value is -3.01. The van der Waals surface area contributed by atoms with Gasteiger partial charge in [0.25, 0.3) is 0 Å². The van der Waals surface area contributed by atoms with Gasteiger partial charge in [0, 0.05) is 48.8 Å². The summed E-state index contributed by atoms with van der Waals surface area (Å²) in [7, 11) is 1.61. The number of methoxy groups -OCH3 is 1.